The van der Waals surface area contributed by atoms with Gasteiger partial charge in [0.2, 0.25) is 0 Å². The van der Waals surface area contributed by atoms with E-state index in [1.807, 2.05) is 12.1 Å². The molecule has 1 N–H and O–H groups in total. The van der Waals surface area contributed by atoms with Crippen molar-refractivity contribution in [2.45, 2.75) is 18.3 Å². The Balaban J connectivity index is 1.98. The molecule has 0 saturated heterocycles. The Morgan fingerprint density at radius 3 is 2.78 bits per heavy atom. The van der Waals surface area contributed by atoms with E-state index < -0.39 is 11.4 Å². The third-order valence-corrected chi connectivity index (χ3v) is 3.55. The zero-order chi connectivity index (χ0) is 12.8. The number of nitrogens with zero attached hydrogens (tertiary/aromatic N) is 2. The Labute approximate surface area is 109 Å². The lowest BCUT2D eigenvalue weighted by molar-refractivity contribution is -0.140. The van der Waals surface area contributed by atoms with E-state index in [4.69, 9.17) is 11.6 Å². The molecular formula is C13H11ClN2O2. The fraction of sp³-hybridized carbons (Fsp3) is 0.231. The Kier molecular flexibility index (Phi) is 2.41. The molecule has 0 bridgehead atoms. The Morgan fingerprint density at radius 1 is 1.39 bits per heavy atom. The van der Waals surface area contributed by atoms with Crippen LogP contribution in [-0.4, -0.2) is 20.9 Å². The van der Waals surface area contributed by atoms with E-state index in [0.717, 1.165) is 5.69 Å². The van der Waals surface area contributed by atoms with Gasteiger partial charge in [-0.05, 0) is 37.1 Å². The number of rotatable bonds is 3. The van der Waals surface area contributed by atoms with Gasteiger partial charge >= 0.3 is 5.97 Å². The van der Waals surface area contributed by atoms with E-state index >= 15 is 0 Å². The molecule has 92 valence electrons. The number of halogens is 1. The fourth-order valence-corrected chi connectivity index (χ4v) is 2.23. The van der Waals surface area contributed by atoms with Crippen LogP contribution in [0, 0.1) is 0 Å². The topological polar surface area (TPSA) is 55.1 Å². The van der Waals surface area contributed by atoms with Crippen molar-refractivity contribution in [2.75, 3.05) is 0 Å². The zero-order valence-electron chi connectivity index (χ0n) is 9.51. The van der Waals surface area contributed by atoms with Gasteiger partial charge in [0, 0.05) is 11.2 Å². The standard InChI is InChI=1S/C13H11ClN2O2/c14-9-2-1-3-10(8-9)16-7-4-11(15-16)13(5-6-13)12(17)18/h1-4,7-8H,5-6H2,(H,17,18). The van der Waals surface area contributed by atoms with Crippen LogP contribution in [0.2, 0.25) is 5.02 Å². The molecule has 0 aliphatic heterocycles. The van der Waals surface area contributed by atoms with Crippen molar-refractivity contribution in [3.63, 3.8) is 0 Å². The summed E-state index contributed by atoms with van der Waals surface area (Å²) in [6.07, 6.45) is 3.09. The predicted molar refractivity (Wildman–Crippen MR) is 67.1 cm³/mol. The average Bonchev–Trinajstić information content (AvgIpc) is 3.01. The van der Waals surface area contributed by atoms with E-state index in [1.54, 1.807) is 29.1 Å². The first-order valence-electron chi connectivity index (χ1n) is 5.67. The number of carboxylic acid groups (broad SMARTS) is 1. The molecule has 2 aromatic rings. The molecule has 0 unspecified atom stereocenters. The number of benzene rings is 1. The molecule has 0 atom stereocenters. The molecular weight excluding hydrogens is 252 g/mol. The maximum absolute atomic E-state index is 11.2. The van der Waals surface area contributed by atoms with Gasteiger partial charge in [0.05, 0.1) is 11.4 Å². The maximum Gasteiger partial charge on any atom is 0.315 e. The molecule has 1 aliphatic carbocycles. The fourth-order valence-electron chi connectivity index (χ4n) is 2.05. The molecule has 1 fully saturated rings. The van der Waals surface area contributed by atoms with E-state index in [0.29, 0.717) is 23.6 Å². The molecule has 1 heterocycles. The molecule has 0 spiro atoms. The number of aliphatic carboxylic acids is 1. The minimum absolute atomic E-state index is 0.620. The highest BCUT2D eigenvalue weighted by atomic mass is 35.5. The van der Waals surface area contributed by atoms with Gasteiger partial charge in [-0.25, -0.2) is 4.68 Å². The second-order valence-electron chi connectivity index (χ2n) is 4.51. The van der Waals surface area contributed by atoms with Gasteiger partial charge in [-0.3, -0.25) is 4.79 Å². The average molecular weight is 263 g/mol. The van der Waals surface area contributed by atoms with Crippen LogP contribution in [0.5, 0.6) is 0 Å². The first-order valence-corrected chi connectivity index (χ1v) is 6.05. The molecule has 5 heteroatoms. The molecule has 0 amide bonds. The lowest BCUT2D eigenvalue weighted by Crippen LogP contribution is -2.20. The largest absolute Gasteiger partial charge is 0.481 e. The Morgan fingerprint density at radius 2 is 2.17 bits per heavy atom. The van der Waals surface area contributed by atoms with E-state index in [-0.39, 0.29) is 0 Å². The van der Waals surface area contributed by atoms with Crippen LogP contribution in [0.25, 0.3) is 5.69 Å². The lowest BCUT2D eigenvalue weighted by atomic mass is 10.0. The molecule has 1 saturated carbocycles. The van der Waals surface area contributed by atoms with Crippen LogP contribution in [-0.2, 0) is 10.2 Å². The van der Waals surface area contributed by atoms with Gasteiger partial charge in [0.25, 0.3) is 0 Å². The number of hydrogen-bond donors (Lipinski definition) is 1. The molecule has 0 radical (unpaired) electrons. The minimum atomic E-state index is -0.793. The van der Waals surface area contributed by atoms with Crippen LogP contribution < -0.4 is 0 Å². The van der Waals surface area contributed by atoms with Gasteiger partial charge in [-0.2, -0.15) is 5.10 Å². The summed E-state index contributed by atoms with van der Waals surface area (Å²) < 4.78 is 1.66. The van der Waals surface area contributed by atoms with Gasteiger partial charge in [-0.15, -0.1) is 0 Å². The SMILES string of the molecule is O=C(O)C1(c2ccn(-c3cccc(Cl)c3)n2)CC1. The van der Waals surface area contributed by atoms with Crippen LogP contribution in [0.1, 0.15) is 18.5 Å². The maximum atomic E-state index is 11.2. The summed E-state index contributed by atoms with van der Waals surface area (Å²) in [4.78, 5) is 11.2. The van der Waals surface area contributed by atoms with Crippen molar-refractivity contribution in [1.82, 2.24) is 9.78 Å². The summed E-state index contributed by atoms with van der Waals surface area (Å²) in [6, 6.07) is 9.06. The molecule has 1 aromatic carbocycles. The van der Waals surface area contributed by atoms with Crippen molar-refractivity contribution in [1.29, 1.82) is 0 Å². The van der Waals surface area contributed by atoms with E-state index in [2.05, 4.69) is 5.10 Å². The highest BCUT2D eigenvalue weighted by molar-refractivity contribution is 6.30. The van der Waals surface area contributed by atoms with Crippen LogP contribution in [0.3, 0.4) is 0 Å². The summed E-state index contributed by atoms with van der Waals surface area (Å²) in [5, 5.41) is 14.2. The van der Waals surface area contributed by atoms with Crippen LogP contribution in [0.15, 0.2) is 36.5 Å². The minimum Gasteiger partial charge on any atom is -0.481 e. The zero-order valence-corrected chi connectivity index (χ0v) is 10.3. The van der Waals surface area contributed by atoms with Crippen molar-refractivity contribution in [2.24, 2.45) is 0 Å². The monoisotopic (exact) mass is 262 g/mol. The quantitative estimate of drug-likeness (QED) is 0.925. The van der Waals surface area contributed by atoms with E-state index in [9.17, 15) is 9.90 Å². The highest BCUT2D eigenvalue weighted by Crippen LogP contribution is 2.47. The molecule has 1 aliphatic rings. The third kappa shape index (κ3) is 1.69. The van der Waals surface area contributed by atoms with Crippen molar-refractivity contribution in [3.05, 3.63) is 47.2 Å². The summed E-state index contributed by atoms with van der Waals surface area (Å²) in [7, 11) is 0. The second kappa shape index (κ2) is 3.85. The molecule has 1 aromatic heterocycles. The molecule has 4 nitrogen and oxygen atoms in total. The van der Waals surface area contributed by atoms with Gasteiger partial charge in [0.1, 0.15) is 5.41 Å². The predicted octanol–water partition coefficient (Wildman–Crippen LogP) is 2.64. The highest BCUT2D eigenvalue weighted by Gasteiger charge is 2.53. The van der Waals surface area contributed by atoms with Crippen molar-refractivity contribution in [3.8, 4) is 5.69 Å². The Bertz CT molecular complexity index is 617. The molecule has 18 heavy (non-hydrogen) atoms. The van der Waals surface area contributed by atoms with Crippen molar-refractivity contribution >= 4 is 17.6 Å². The normalized spacial score (nSPS) is 16.5. The number of hydrogen-bond acceptors (Lipinski definition) is 2. The summed E-state index contributed by atoms with van der Waals surface area (Å²) in [5.41, 5.74) is 0.689. The van der Waals surface area contributed by atoms with Gasteiger partial charge in [0.15, 0.2) is 0 Å². The number of carbonyl (C=O) groups is 1. The summed E-state index contributed by atoms with van der Waals surface area (Å²) in [5.74, 6) is -0.793. The number of carboxylic acids is 1. The smallest absolute Gasteiger partial charge is 0.315 e. The summed E-state index contributed by atoms with van der Waals surface area (Å²) >= 11 is 5.92. The summed E-state index contributed by atoms with van der Waals surface area (Å²) in [6.45, 7) is 0. The Hall–Kier alpha value is -1.81. The van der Waals surface area contributed by atoms with Crippen LogP contribution in [0.4, 0.5) is 0 Å². The van der Waals surface area contributed by atoms with Gasteiger partial charge < -0.3 is 5.11 Å². The number of aromatic nitrogens is 2. The second-order valence-corrected chi connectivity index (χ2v) is 4.95. The molecule has 3 rings (SSSR count). The lowest BCUT2D eigenvalue weighted by Gasteiger charge is -2.05. The van der Waals surface area contributed by atoms with Gasteiger partial charge in [-0.1, -0.05) is 17.7 Å². The van der Waals surface area contributed by atoms with Crippen LogP contribution >= 0.6 is 11.6 Å². The first-order chi connectivity index (χ1) is 8.62. The van der Waals surface area contributed by atoms with Crippen molar-refractivity contribution < 1.29 is 9.90 Å². The van der Waals surface area contributed by atoms with E-state index in [1.165, 1.54) is 0 Å². The first kappa shape index (κ1) is 11.3. The third-order valence-electron chi connectivity index (χ3n) is 3.31.